The van der Waals surface area contributed by atoms with Crippen molar-refractivity contribution in [2.45, 2.75) is 39.2 Å². The highest BCUT2D eigenvalue weighted by atomic mass is 127. The molecule has 1 aliphatic carbocycles. The normalized spacial score (nSPS) is 14.6. The van der Waals surface area contributed by atoms with Crippen LogP contribution in [0.1, 0.15) is 38.2 Å². The molecular formula is C15H20INO. The maximum Gasteiger partial charge on any atom is 0.225 e. The van der Waals surface area contributed by atoms with Crippen LogP contribution in [0.4, 0.5) is 0 Å². The largest absolute Gasteiger partial charge is 0.338 e. The molecule has 0 aliphatic heterocycles. The smallest absolute Gasteiger partial charge is 0.225 e. The highest BCUT2D eigenvalue weighted by Gasteiger charge is 2.33. The average Bonchev–Trinajstić information content (AvgIpc) is 3.18. The van der Waals surface area contributed by atoms with Crippen molar-refractivity contribution in [3.8, 4) is 0 Å². The topological polar surface area (TPSA) is 20.3 Å². The first-order chi connectivity index (χ1) is 8.70. The third-order valence-electron chi connectivity index (χ3n) is 3.28. The second-order valence-electron chi connectivity index (χ2n) is 5.02. The molecule has 0 saturated heterocycles. The van der Waals surface area contributed by atoms with Crippen LogP contribution in [0.25, 0.3) is 0 Å². The van der Waals surface area contributed by atoms with Crippen LogP contribution in [0.3, 0.4) is 0 Å². The van der Waals surface area contributed by atoms with Gasteiger partial charge in [-0.15, -0.1) is 0 Å². The van der Waals surface area contributed by atoms with Gasteiger partial charge < -0.3 is 4.90 Å². The van der Waals surface area contributed by atoms with Gasteiger partial charge in [0.1, 0.15) is 0 Å². The second kappa shape index (κ2) is 6.55. The van der Waals surface area contributed by atoms with Gasteiger partial charge in [0, 0.05) is 22.6 Å². The summed E-state index contributed by atoms with van der Waals surface area (Å²) in [5.74, 6) is 0.687. The summed E-state index contributed by atoms with van der Waals surface area (Å²) in [5, 5.41) is 0. The minimum Gasteiger partial charge on any atom is -0.338 e. The van der Waals surface area contributed by atoms with Gasteiger partial charge in [-0.3, -0.25) is 4.79 Å². The molecule has 0 unspecified atom stereocenters. The first-order valence-electron chi connectivity index (χ1n) is 6.74. The quantitative estimate of drug-likeness (QED) is 0.709. The van der Waals surface area contributed by atoms with Gasteiger partial charge in [0.2, 0.25) is 5.91 Å². The van der Waals surface area contributed by atoms with E-state index >= 15 is 0 Å². The van der Waals surface area contributed by atoms with E-state index in [9.17, 15) is 4.79 Å². The van der Waals surface area contributed by atoms with Crippen LogP contribution in [0.5, 0.6) is 0 Å². The van der Waals surface area contributed by atoms with E-state index in [4.69, 9.17) is 0 Å². The lowest BCUT2D eigenvalue weighted by atomic mass is 10.2. The van der Waals surface area contributed by atoms with Crippen LogP contribution < -0.4 is 0 Å². The number of hydrogen-bond donors (Lipinski definition) is 0. The molecule has 1 aliphatic rings. The summed E-state index contributed by atoms with van der Waals surface area (Å²) in [6.07, 6.45) is 4.42. The van der Waals surface area contributed by atoms with Crippen molar-refractivity contribution >= 4 is 28.5 Å². The Labute approximate surface area is 123 Å². The molecule has 0 spiro atoms. The zero-order valence-corrected chi connectivity index (χ0v) is 13.0. The molecule has 3 heteroatoms. The fourth-order valence-corrected chi connectivity index (χ4v) is 2.67. The molecule has 1 amide bonds. The Morgan fingerprint density at radius 2 is 2.22 bits per heavy atom. The molecule has 0 atom stereocenters. The highest BCUT2D eigenvalue weighted by Crippen LogP contribution is 2.31. The Kier molecular flexibility index (Phi) is 5.03. The number of carbonyl (C=O) groups is 1. The summed E-state index contributed by atoms with van der Waals surface area (Å²) in [5.41, 5.74) is 1.24. The van der Waals surface area contributed by atoms with Crippen LogP contribution in [0.2, 0.25) is 0 Å². The Hall–Kier alpha value is -0.580. The number of hydrogen-bond acceptors (Lipinski definition) is 1. The molecule has 2 rings (SSSR count). The molecule has 2 nitrogen and oxygen atoms in total. The van der Waals surface area contributed by atoms with Crippen molar-refractivity contribution in [2.24, 2.45) is 5.92 Å². The van der Waals surface area contributed by atoms with E-state index in [2.05, 4.69) is 53.8 Å². The summed E-state index contributed by atoms with van der Waals surface area (Å²) < 4.78 is 1.24. The third kappa shape index (κ3) is 3.97. The maximum atomic E-state index is 12.2. The van der Waals surface area contributed by atoms with E-state index in [1.54, 1.807) is 0 Å². The van der Waals surface area contributed by atoms with Gasteiger partial charge in [-0.1, -0.05) is 25.5 Å². The van der Waals surface area contributed by atoms with Gasteiger partial charge in [0.15, 0.2) is 0 Å². The molecule has 0 bridgehead atoms. The number of unbranched alkanes of at least 4 members (excludes halogenated alkanes) is 1. The summed E-state index contributed by atoms with van der Waals surface area (Å²) >= 11 is 2.32. The molecule has 1 saturated carbocycles. The standard InChI is InChI=1S/C15H20INO/c1-2-3-9-17(15(18)13-7-8-13)11-12-5-4-6-14(16)10-12/h4-6,10,13H,2-3,7-9,11H2,1H3. The van der Waals surface area contributed by atoms with Gasteiger partial charge in [-0.2, -0.15) is 0 Å². The number of rotatable bonds is 6. The molecule has 18 heavy (non-hydrogen) atoms. The number of benzene rings is 1. The average molecular weight is 357 g/mol. The molecule has 1 fully saturated rings. The lowest BCUT2D eigenvalue weighted by Gasteiger charge is -2.22. The lowest BCUT2D eigenvalue weighted by Crippen LogP contribution is -2.32. The van der Waals surface area contributed by atoms with E-state index < -0.39 is 0 Å². The molecule has 0 N–H and O–H groups in total. The molecule has 1 aromatic rings. The molecular weight excluding hydrogens is 337 g/mol. The van der Waals surface area contributed by atoms with Gasteiger partial charge in [-0.25, -0.2) is 0 Å². The third-order valence-corrected chi connectivity index (χ3v) is 3.95. The first kappa shape index (κ1) is 13.8. The Balaban J connectivity index is 2.01. The monoisotopic (exact) mass is 357 g/mol. The Morgan fingerprint density at radius 1 is 1.44 bits per heavy atom. The van der Waals surface area contributed by atoms with Crippen molar-refractivity contribution in [1.29, 1.82) is 0 Å². The summed E-state index contributed by atoms with van der Waals surface area (Å²) in [7, 11) is 0. The van der Waals surface area contributed by atoms with Crippen LogP contribution in [-0.4, -0.2) is 17.4 Å². The van der Waals surface area contributed by atoms with E-state index in [0.717, 1.165) is 38.8 Å². The Morgan fingerprint density at radius 3 is 2.83 bits per heavy atom. The summed E-state index contributed by atoms with van der Waals surface area (Å²) in [6, 6.07) is 8.43. The van der Waals surface area contributed by atoms with Crippen LogP contribution in [0.15, 0.2) is 24.3 Å². The van der Waals surface area contributed by atoms with Gasteiger partial charge in [-0.05, 0) is 59.5 Å². The first-order valence-corrected chi connectivity index (χ1v) is 7.82. The molecule has 0 heterocycles. The van der Waals surface area contributed by atoms with Gasteiger partial charge >= 0.3 is 0 Å². The minimum absolute atomic E-state index is 0.324. The van der Waals surface area contributed by atoms with Crippen molar-refractivity contribution in [1.82, 2.24) is 4.90 Å². The molecule has 98 valence electrons. The van der Waals surface area contributed by atoms with E-state index in [0.29, 0.717) is 11.8 Å². The number of halogens is 1. The van der Waals surface area contributed by atoms with Crippen molar-refractivity contribution < 1.29 is 4.79 Å². The lowest BCUT2D eigenvalue weighted by molar-refractivity contribution is -0.133. The van der Waals surface area contributed by atoms with Crippen LogP contribution >= 0.6 is 22.6 Å². The van der Waals surface area contributed by atoms with Crippen molar-refractivity contribution in [3.05, 3.63) is 33.4 Å². The zero-order chi connectivity index (χ0) is 13.0. The SMILES string of the molecule is CCCCN(Cc1cccc(I)c1)C(=O)C1CC1. The van der Waals surface area contributed by atoms with Gasteiger partial charge in [0.25, 0.3) is 0 Å². The van der Waals surface area contributed by atoms with E-state index in [-0.39, 0.29) is 0 Å². The molecule has 1 aromatic carbocycles. The van der Waals surface area contributed by atoms with Crippen molar-refractivity contribution in [2.75, 3.05) is 6.54 Å². The van der Waals surface area contributed by atoms with E-state index in [1.165, 1.54) is 9.13 Å². The zero-order valence-electron chi connectivity index (χ0n) is 10.9. The van der Waals surface area contributed by atoms with Crippen LogP contribution in [-0.2, 0) is 11.3 Å². The second-order valence-corrected chi connectivity index (χ2v) is 6.26. The molecule has 0 aromatic heterocycles. The van der Waals surface area contributed by atoms with E-state index in [1.807, 2.05) is 4.90 Å². The maximum absolute atomic E-state index is 12.2. The number of amides is 1. The van der Waals surface area contributed by atoms with Gasteiger partial charge in [0.05, 0.1) is 0 Å². The fourth-order valence-electron chi connectivity index (χ4n) is 2.06. The predicted molar refractivity (Wildman–Crippen MR) is 82.2 cm³/mol. The van der Waals surface area contributed by atoms with Crippen LogP contribution in [0, 0.1) is 9.49 Å². The number of nitrogens with zero attached hydrogens (tertiary/aromatic N) is 1. The predicted octanol–water partition coefficient (Wildman–Crippen LogP) is 3.83. The fraction of sp³-hybridized carbons (Fsp3) is 0.533. The van der Waals surface area contributed by atoms with Crippen molar-refractivity contribution in [3.63, 3.8) is 0 Å². The summed E-state index contributed by atoms with van der Waals surface area (Å²) in [6.45, 7) is 3.84. The molecule has 0 radical (unpaired) electrons. The highest BCUT2D eigenvalue weighted by molar-refractivity contribution is 14.1. The minimum atomic E-state index is 0.324. The summed E-state index contributed by atoms with van der Waals surface area (Å²) in [4.78, 5) is 14.3. The Bertz CT molecular complexity index is 415. The number of carbonyl (C=O) groups excluding carboxylic acids is 1.